The SMILES string of the molecule is C[C@@]1(CN)OCCc2sccc21. The summed E-state index contributed by atoms with van der Waals surface area (Å²) in [5.74, 6) is 0. The van der Waals surface area contributed by atoms with Crippen LogP contribution in [0, 0.1) is 0 Å². The third-order valence-corrected chi connectivity index (χ3v) is 3.44. The van der Waals surface area contributed by atoms with Crippen LogP contribution in [0.1, 0.15) is 17.4 Å². The predicted molar refractivity (Wildman–Crippen MR) is 50.4 cm³/mol. The molecule has 0 amide bonds. The predicted octanol–water partition coefficient (Wildman–Crippen LogP) is 1.49. The molecule has 2 N–H and O–H groups in total. The number of thiophene rings is 1. The number of hydrogen-bond acceptors (Lipinski definition) is 3. The van der Waals surface area contributed by atoms with Crippen LogP contribution in [-0.2, 0) is 16.8 Å². The van der Waals surface area contributed by atoms with Gasteiger partial charge in [-0.1, -0.05) is 0 Å². The molecule has 0 aliphatic carbocycles. The lowest BCUT2D eigenvalue weighted by atomic mass is 9.93. The molecular weight excluding hydrogens is 170 g/mol. The van der Waals surface area contributed by atoms with Gasteiger partial charge in [-0.3, -0.25) is 0 Å². The topological polar surface area (TPSA) is 35.2 Å². The molecule has 0 unspecified atom stereocenters. The van der Waals surface area contributed by atoms with Crippen LogP contribution in [0.3, 0.4) is 0 Å². The van der Waals surface area contributed by atoms with E-state index in [2.05, 4.69) is 18.4 Å². The Labute approximate surface area is 76.3 Å². The van der Waals surface area contributed by atoms with Crippen LogP contribution in [0.5, 0.6) is 0 Å². The number of ether oxygens (including phenoxy) is 1. The van der Waals surface area contributed by atoms with Crippen molar-refractivity contribution in [3.63, 3.8) is 0 Å². The van der Waals surface area contributed by atoms with E-state index in [-0.39, 0.29) is 5.60 Å². The molecule has 1 aliphatic rings. The molecule has 1 atom stereocenters. The Morgan fingerprint density at radius 2 is 2.58 bits per heavy atom. The molecule has 2 nitrogen and oxygen atoms in total. The Morgan fingerprint density at radius 1 is 1.75 bits per heavy atom. The number of rotatable bonds is 1. The Balaban J connectivity index is 2.44. The number of nitrogens with two attached hydrogens (primary N) is 1. The van der Waals surface area contributed by atoms with Crippen LogP contribution in [-0.4, -0.2) is 13.2 Å². The van der Waals surface area contributed by atoms with E-state index in [4.69, 9.17) is 10.5 Å². The van der Waals surface area contributed by atoms with Gasteiger partial charge in [0.2, 0.25) is 0 Å². The summed E-state index contributed by atoms with van der Waals surface area (Å²) in [6.45, 7) is 3.44. The molecular formula is C9H13NOS. The molecule has 12 heavy (non-hydrogen) atoms. The first kappa shape index (κ1) is 8.23. The molecule has 0 aromatic carbocycles. The summed E-state index contributed by atoms with van der Waals surface area (Å²) in [5, 5.41) is 2.12. The van der Waals surface area contributed by atoms with Gasteiger partial charge in [0.15, 0.2) is 0 Å². The molecule has 0 radical (unpaired) electrons. The lowest BCUT2D eigenvalue weighted by Crippen LogP contribution is -2.38. The zero-order valence-corrected chi connectivity index (χ0v) is 7.99. The summed E-state index contributed by atoms with van der Waals surface area (Å²) < 4.78 is 5.68. The fourth-order valence-electron chi connectivity index (χ4n) is 1.62. The minimum absolute atomic E-state index is 0.229. The third-order valence-electron chi connectivity index (χ3n) is 2.45. The quantitative estimate of drug-likeness (QED) is 0.716. The van der Waals surface area contributed by atoms with Crippen molar-refractivity contribution >= 4 is 11.3 Å². The highest BCUT2D eigenvalue weighted by atomic mass is 32.1. The smallest absolute Gasteiger partial charge is 0.104 e. The van der Waals surface area contributed by atoms with Gasteiger partial charge in [-0.05, 0) is 23.9 Å². The second-order valence-electron chi connectivity index (χ2n) is 3.29. The van der Waals surface area contributed by atoms with Gasteiger partial charge in [-0.15, -0.1) is 11.3 Å². The normalized spacial score (nSPS) is 28.5. The third kappa shape index (κ3) is 1.09. The van der Waals surface area contributed by atoms with Crippen LogP contribution in [0.15, 0.2) is 11.4 Å². The van der Waals surface area contributed by atoms with Crippen LogP contribution in [0.25, 0.3) is 0 Å². The summed E-state index contributed by atoms with van der Waals surface area (Å²) in [6.07, 6.45) is 1.04. The van der Waals surface area contributed by atoms with E-state index in [1.165, 1.54) is 10.4 Å². The zero-order valence-electron chi connectivity index (χ0n) is 7.17. The van der Waals surface area contributed by atoms with E-state index >= 15 is 0 Å². The van der Waals surface area contributed by atoms with Crippen molar-refractivity contribution in [3.8, 4) is 0 Å². The van der Waals surface area contributed by atoms with Crippen molar-refractivity contribution in [2.75, 3.05) is 13.2 Å². The average molecular weight is 183 g/mol. The first-order valence-electron chi connectivity index (χ1n) is 4.17. The van der Waals surface area contributed by atoms with E-state index in [1.807, 2.05) is 11.3 Å². The van der Waals surface area contributed by atoms with Crippen LogP contribution < -0.4 is 5.73 Å². The van der Waals surface area contributed by atoms with Gasteiger partial charge >= 0.3 is 0 Å². The first-order chi connectivity index (χ1) is 5.76. The van der Waals surface area contributed by atoms with Crippen LogP contribution in [0.4, 0.5) is 0 Å². The maximum absolute atomic E-state index is 5.69. The molecule has 0 spiro atoms. The zero-order chi connectivity index (χ0) is 8.60. The van der Waals surface area contributed by atoms with Gasteiger partial charge in [0.25, 0.3) is 0 Å². The van der Waals surface area contributed by atoms with Crippen LogP contribution >= 0.6 is 11.3 Å². The number of hydrogen-bond donors (Lipinski definition) is 1. The summed E-state index contributed by atoms with van der Waals surface area (Å²) in [7, 11) is 0. The highest BCUT2D eigenvalue weighted by molar-refractivity contribution is 7.10. The Bertz CT molecular complexity index is 284. The first-order valence-corrected chi connectivity index (χ1v) is 5.05. The van der Waals surface area contributed by atoms with Crippen LogP contribution in [0.2, 0.25) is 0 Å². The molecule has 2 rings (SSSR count). The lowest BCUT2D eigenvalue weighted by molar-refractivity contribution is -0.0378. The monoisotopic (exact) mass is 183 g/mol. The van der Waals surface area contributed by atoms with Crippen molar-refractivity contribution in [3.05, 3.63) is 21.9 Å². The Morgan fingerprint density at radius 3 is 3.33 bits per heavy atom. The van der Waals surface area contributed by atoms with E-state index in [1.54, 1.807) is 0 Å². The average Bonchev–Trinajstić information content (AvgIpc) is 2.54. The molecule has 3 heteroatoms. The minimum Gasteiger partial charge on any atom is -0.369 e. The second kappa shape index (κ2) is 2.83. The molecule has 0 fully saturated rings. The highest BCUT2D eigenvalue weighted by Crippen LogP contribution is 2.34. The molecule has 0 bridgehead atoms. The molecule has 66 valence electrons. The Kier molecular flexibility index (Phi) is 1.94. The molecule has 1 aromatic heterocycles. The molecule has 0 saturated heterocycles. The van der Waals surface area contributed by atoms with E-state index < -0.39 is 0 Å². The maximum atomic E-state index is 5.69. The van der Waals surface area contributed by atoms with Gasteiger partial charge in [-0.25, -0.2) is 0 Å². The van der Waals surface area contributed by atoms with Gasteiger partial charge < -0.3 is 10.5 Å². The van der Waals surface area contributed by atoms with Gasteiger partial charge in [0, 0.05) is 17.8 Å². The summed E-state index contributed by atoms with van der Waals surface area (Å²) >= 11 is 1.81. The fraction of sp³-hybridized carbons (Fsp3) is 0.556. The summed E-state index contributed by atoms with van der Waals surface area (Å²) in [5.41, 5.74) is 6.76. The van der Waals surface area contributed by atoms with Crippen molar-refractivity contribution in [1.29, 1.82) is 0 Å². The molecule has 2 heterocycles. The molecule has 1 aromatic rings. The van der Waals surface area contributed by atoms with E-state index in [0.29, 0.717) is 6.54 Å². The molecule has 0 saturated carbocycles. The van der Waals surface area contributed by atoms with Crippen molar-refractivity contribution < 1.29 is 4.74 Å². The van der Waals surface area contributed by atoms with E-state index in [0.717, 1.165) is 13.0 Å². The van der Waals surface area contributed by atoms with Gasteiger partial charge in [-0.2, -0.15) is 0 Å². The Hall–Kier alpha value is -0.380. The van der Waals surface area contributed by atoms with Gasteiger partial charge in [0.05, 0.1) is 6.61 Å². The second-order valence-corrected chi connectivity index (χ2v) is 4.29. The van der Waals surface area contributed by atoms with Crippen molar-refractivity contribution in [1.82, 2.24) is 0 Å². The standard InChI is InChI=1S/C9H13NOS/c1-9(6-10)7-3-5-12-8(7)2-4-11-9/h3,5H,2,4,6,10H2,1H3/t9-/m0/s1. The largest absolute Gasteiger partial charge is 0.369 e. The van der Waals surface area contributed by atoms with Crippen molar-refractivity contribution in [2.45, 2.75) is 18.9 Å². The van der Waals surface area contributed by atoms with Crippen molar-refractivity contribution in [2.24, 2.45) is 5.73 Å². The summed E-state index contributed by atoms with van der Waals surface area (Å²) in [6, 6.07) is 2.13. The minimum atomic E-state index is -0.229. The lowest BCUT2D eigenvalue weighted by Gasteiger charge is -2.32. The van der Waals surface area contributed by atoms with Gasteiger partial charge in [0.1, 0.15) is 5.60 Å². The highest BCUT2D eigenvalue weighted by Gasteiger charge is 2.32. The fourth-order valence-corrected chi connectivity index (χ4v) is 2.60. The molecule has 1 aliphatic heterocycles. The maximum Gasteiger partial charge on any atom is 0.104 e. The van der Waals surface area contributed by atoms with E-state index in [9.17, 15) is 0 Å². The summed E-state index contributed by atoms with van der Waals surface area (Å²) in [4.78, 5) is 1.44. The number of fused-ring (bicyclic) bond motifs is 1.